The first-order chi connectivity index (χ1) is 9.02. The topological polar surface area (TPSA) is 32.7 Å². The zero-order valence-corrected chi connectivity index (χ0v) is 11.3. The quantitative estimate of drug-likeness (QED) is 0.700. The summed E-state index contributed by atoms with van der Waals surface area (Å²) in [6.45, 7) is 0.262. The first-order valence-corrected chi connectivity index (χ1v) is 6.08. The number of ether oxygens (including phenoxy) is 1. The number of rotatable bonds is 8. The van der Waals surface area contributed by atoms with E-state index in [4.69, 9.17) is 5.11 Å². The molecule has 0 rings (SSSR count). The van der Waals surface area contributed by atoms with E-state index in [-0.39, 0.29) is 26.1 Å². The molecule has 0 aliphatic heterocycles. The van der Waals surface area contributed by atoms with Gasteiger partial charge in [-0.05, 0) is 13.5 Å². The Kier molecular flexibility index (Phi) is 7.26. The van der Waals surface area contributed by atoms with Gasteiger partial charge in [-0.15, -0.1) is 0 Å². The molecule has 0 radical (unpaired) electrons. The summed E-state index contributed by atoms with van der Waals surface area (Å²) in [5, 5.41) is 8.60. The summed E-state index contributed by atoms with van der Waals surface area (Å²) in [6.07, 6.45) is -12.6. The Bertz CT molecular complexity index is 265. The summed E-state index contributed by atoms with van der Waals surface area (Å²) in [4.78, 5) is 1.38. The molecule has 122 valence electrons. The molecule has 0 aliphatic rings. The molecule has 0 aromatic rings. The average molecular weight is 311 g/mol. The summed E-state index contributed by atoms with van der Waals surface area (Å²) < 4.78 is 81.2. The second kappa shape index (κ2) is 7.46. The van der Waals surface area contributed by atoms with Crippen LogP contribution in [0.4, 0.5) is 26.3 Å². The molecule has 0 unspecified atom stereocenters. The van der Waals surface area contributed by atoms with Gasteiger partial charge in [0.1, 0.15) is 0 Å². The third-order valence-electron chi connectivity index (χ3n) is 2.82. The lowest BCUT2D eigenvalue weighted by atomic mass is 9.96. The molecule has 0 atom stereocenters. The SMILES string of the molecule is CCCC(OCCN(C)CCO)(C(F)(F)F)C(F)(F)F. The minimum atomic E-state index is -5.53. The summed E-state index contributed by atoms with van der Waals surface area (Å²) >= 11 is 0. The van der Waals surface area contributed by atoms with Crippen molar-refractivity contribution in [2.45, 2.75) is 37.7 Å². The first kappa shape index (κ1) is 19.5. The highest BCUT2D eigenvalue weighted by Gasteiger charge is 2.71. The molecule has 0 fully saturated rings. The third kappa shape index (κ3) is 4.78. The largest absolute Gasteiger partial charge is 0.426 e. The van der Waals surface area contributed by atoms with Crippen LogP contribution in [0, 0.1) is 0 Å². The molecule has 0 aliphatic carbocycles. The number of alkyl halides is 6. The Balaban J connectivity index is 4.95. The van der Waals surface area contributed by atoms with Gasteiger partial charge < -0.3 is 14.7 Å². The van der Waals surface area contributed by atoms with Crippen LogP contribution in [0.1, 0.15) is 19.8 Å². The van der Waals surface area contributed by atoms with Crippen molar-refractivity contribution in [2.75, 3.05) is 33.4 Å². The molecule has 0 spiro atoms. The van der Waals surface area contributed by atoms with Crippen LogP contribution in [0.3, 0.4) is 0 Å². The van der Waals surface area contributed by atoms with Crippen LogP contribution in [0.5, 0.6) is 0 Å². The monoisotopic (exact) mass is 311 g/mol. The third-order valence-corrected chi connectivity index (χ3v) is 2.82. The predicted octanol–water partition coefficient (Wildman–Crippen LogP) is 2.59. The van der Waals surface area contributed by atoms with E-state index in [1.807, 2.05) is 0 Å². The zero-order valence-electron chi connectivity index (χ0n) is 11.3. The fraction of sp³-hybridized carbons (Fsp3) is 1.00. The Hall–Kier alpha value is -0.540. The Morgan fingerprint density at radius 3 is 1.85 bits per heavy atom. The molecule has 20 heavy (non-hydrogen) atoms. The fourth-order valence-electron chi connectivity index (χ4n) is 1.69. The lowest BCUT2D eigenvalue weighted by Gasteiger charge is -2.37. The number of aliphatic hydroxyl groups excluding tert-OH is 1. The van der Waals surface area contributed by atoms with Crippen molar-refractivity contribution in [1.29, 1.82) is 0 Å². The number of aliphatic hydroxyl groups is 1. The summed E-state index contributed by atoms with van der Waals surface area (Å²) in [7, 11) is 1.46. The van der Waals surface area contributed by atoms with Gasteiger partial charge in [0, 0.05) is 13.1 Å². The van der Waals surface area contributed by atoms with Gasteiger partial charge in [0.05, 0.1) is 13.2 Å². The van der Waals surface area contributed by atoms with Gasteiger partial charge in [-0.1, -0.05) is 13.3 Å². The lowest BCUT2D eigenvalue weighted by Crippen LogP contribution is -2.59. The van der Waals surface area contributed by atoms with Crippen LogP contribution in [-0.2, 0) is 4.74 Å². The van der Waals surface area contributed by atoms with Gasteiger partial charge in [0.2, 0.25) is 0 Å². The van der Waals surface area contributed by atoms with Gasteiger partial charge in [0.15, 0.2) is 0 Å². The van der Waals surface area contributed by atoms with Crippen LogP contribution < -0.4 is 0 Å². The summed E-state index contributed by atoms with van der Waals surface area (Å²) in [5.41, 5.74) is -4.13. The maximum atomic E-state index is 12.8. The predicted molar refractivity (Wildman–Crippen MR) is 60.3 cm³/mol. The molecular formula is C11H19F6NO2. The molecule has 9 heteroatoms. The number of nitrogens with zero attached hydrogens (tertiary/aromatic N) is 1. The normalized spacial score (nSPS) is 14.1. The Morgan fingerprint density at radius 2 is 1.50 bits per heavy atom. The van der Waals surface area contributed by atoms with E-state index >= 15 is 0 Å². The van der Waals surface area contributed by atoms with E-state index in [1.54, 1.807) is 0 Å². The maximum absolute atomic E-state index is 12.8. The van der Waals surface area contributed by atoms with E-state index < -0.39 is 31.0 Å². The van der Waals surface area contributed by atoms with Crippen molar-refractivity contribution in [1.82, 2.24) is 4.90 Å². The molecule has 0 saturated carbocycles. The van der Waals surface area contributed by atoms with Crippen LogP contribution in [0.15, 0.2) is 0 Å². The van der Waals surface area contributed by atoms with Crippen molar-refractivity contribution in [2.24, 2.45) is 0 Å². The van der Waals surface area contributed by atoms with E-state index in [0.717, 1.165) is 0 Å². The first-order valence-electron chi connectivity index (χ1n) is 6.08. The highest BCUT2D eigenvalue weighted by molar-refractivity contribution is 4.95. The highest BCUT2D eigenvalue weighted by Crippen LogP contribution is 2.48. The molecule has 0 saturated heterocycles. The zero-order chi connectivity index (χ0) is 16.0. The van der Waals surface area contributed by atoms with Crippen molar-refractivity contribution < 1.29 is 36.2 Å². The molecular weight excluding hydrogens is 292 g/mol. The summed E-state index contributed by atoms with van der Waals surface area (Å²) in [6, 6.07) is 0. The molecule has 0 aromatic carbocycles. The average Bonchev–Trinajstić information content (AvgIpc) is 2.25. The number of likely N-dealkylation sites (N-methyl/N-ethyl adjacent to an activating group) is 1. The molecule has 0 heterocycles. The molecule has 0 amide bonds. The van der Waals surface area contributed by atoms with Crippen molar-refractivity contribution in [3.63, 3.8) is 0 Å². The Labute approximate surface area is 113 Å². The molecule has 0 bridgehead atoms. The standard InChI is InChI=1S/C11H19F6NO2/c1-3-4-9(10(12,13)14,11(15,16)17)20-8-6-18(2)5-7-19/h19H,3-8H2,1-2H3. The van der Waals surface area contributed by atoms with Gasteiger partial charge in [-0.25, -0.2) is 0 Å². The van der Waals surface area contributed by atoms with E-state index in [2.05, 4.69) is 4.74 Å². The fourth-order valence-corrected chi connectivity index (χ4v) is 1.69. The van der Waals surface area contributed by atoms with Crippen LogP contribution in [0.25, 0.3) is 0 Å². The van der Waals surface area contributed by atoms with Crippen LogP contribution in [-0.4, -0.2) is 61.3 Å². The highest BCUT2D eigenvalue weighted by atomic mass is 19.4. The molecule has 1 N–H and O–H groups in total. The molecule has 3 nitrogen and oxygen atoms in total. The minimum absolute atomic E-state index is 0.141. The van der Waals surface area contributed by atoms with Gasteiger partial charge in [0.25, 0.3) is 5.60 Å². The van der Waals surface area contributed by atoms with E-state index in [0.29, 0.717) is 0 Å². The lowest BCUT2D eigenvalue weighted by molar-refractivity contribution is -0.383. The second-order valence-corrected chi connectivity index (χ2v) is 4.45. The Morgan fingerprint density at radius 1 is 1.00 bits per heavy atom. The van der Waals surface area contributed by atoms with Crippen molar-refractivity contribution in [3.05, 3.63) is 0 Å². The van der Waals surface area contributed by atoms with E-state index in [1.165, 1.54) is 18.9 Å². The van der Waals surface area contributed by atoms with Gasteiger partial charge in [-0.3, -0.25) is 0 Å². The number of halogens is 6. The van der Waals surface area contributed by atoms with Crippen LogP contribution >= 0.6 is 0 Å². The van der Waals surface area contributed by atoms with Crippen molar-refractivity contribution >= 4 is 0 Å². The molecule has 0 aromatic heterocycles. The smallest absolute Gasteiger partial charge is 0.395 e. The van der Waals surface area contributed by atoms with Gasteiger partial charge in [-0.2, -0.15) is 26.3 Å². The van der Waals surface area contributed by atoms with Gasteiger partial charge >= 0.3 is 12.4 Å². The number of hydrogen-bond acceptors (Lipinski definition) is 3. The van der Waals surface area contributed by atoms with E-state index in [9.17, 15) is 26.3 Å². The number of hydrogen-bond donors (Lipinski definition) is 1. The maximum Gasteiger partial charge on any atom is 0.426 e. The van der Waals surface area contributed by atoms with Crippen molar-refractivity contribution in [3.8, 4) is 0 Å². The second-order valence-electron chi connectivity index (χ2n) is 4.45. The summed E-state index contributed by atoms with van der Waals surface area (Å²) in [5.74, 6) is 0. The van der Waals surface area contributed by atoms with Crippen LogP contribution in [0.2, 0.25) is 0 Å². The minimum Gasteiger partial charge on any atom is -0.395 e.